The number of esters is 1. The highest BCUT2D eigenvalue weighted by atomic mass is 16.5. The van der Waals surface area contributed by atoms with E-state index in [1.165, 1.54) is 18.9 Å². The molecule has 7 nitrogen and oxygen atoms in total. The smallest absolute Gasteiger partial charge is 0.337 e. The molecule has 1 aliphatic heterocycles. The molecule has 0 saturated carbocycles. The first-order chi connectivity index (χ1) is 14.8. The number of carbonyl (C=O) groups excluding carboxylic acids is 2. The third-order valence-corrected chi connectivity index (χ3v) is 5.80. The van der Waals surface area contributed by atoms with Crippen LogP contribution < -0.4 is 4.74 Å². The van der Waals surface area contributed by atoms with Crippen LogP contribution in [0.5, 0.6) is 5.75 Å². The number of methoxy groups -OCH3 is 2. The SMILES string of the molecule is C=C1C(=O)N(Cc2ccc(OC)cc2)C(COCc2ccccc2)(C(=O)OC)C1(C)O. The van der Waals surface area contributed by atoms with E-state index in [9.17, 15) is 14.7 Å². The second-order valence-corrected chi connectivity index (χ2v) is 7.62. The minimum absolute atomic E-state index is 0.0573. The van der Waals surface area contributed by atoms with Crippen molar-refractivity contribution in [3.63, 3.8) is 0 Å². The fourth-order valence-electron chi connectivity index (χ4n) is 3.82. The quantitative estimate of drug-likeness (QED) is 0.517. The molecule has 164 valence electrons. The Labute approximate surface area is 181 Å². The molecule has 0 aromatic heterocycles. The zero-order chi connectivity index (χ0) is 22.6. The van der Waals surface area contributed by atoms with Crippen molar-refractivity contribution in [2.24, 2.45) is 0 Å². The van der Waals surface area contributed by atoms with Crippen molar-refractivity contribution in [1.82, 2.24) is 4.90 Å². The molecule has 0 aliphatic carbocycles. The Bertz CT molecular complexity index is 954. The van der Waals surface area contributed by atoms with E-state index >= 15 is 0 Å². The van der Waals surface area contributed by atoms with Crippen molar-refractivity contribution in [2.45, 2.75) is 31.2 Å². The van der Waals surface area contributed by atoms with Gasteiger partial charge in [-0.15, -0.1) is 0 Å². The van der Waals surface area contributed by atoms with Crippen LogP contribution in [0.15, 0.2) is 66.7 Å². The Balaban J connectivity index is 1.96. The molecule has 2 aromatic rings. The van der Waals surface area contributed by atoms with Crippen molar-refractivity contribution < 1.29 is 28.9 Å². The van der Waals surface area contributed by atoms with Crippen LogP contribution in [0.2, 0.25) is 0 Å². The summed E-state index contributed by atoms with van der Waals surface area (Å²) in [5.74, 6) is -0.640. The van der Waals surface area contributed by atoms with Gasteiger partial charge >= 0.3 is 5.97 Å². The summed E-state index contributed by atoms with van der Waals surface area (Å²) in [7, 11) is 2.78. The molecule has 1 N–H and O–H groups in total. The second kappa shape index (κ2) is 8.91. The van der Waals surface area contributed by atoms with Gasteiger partial charge in [-0.05, 0) is 30.2 Å². The number of ether oxygens (including phenoxy) is 3. The average Bonchev–Trinajstić information content (AvgIpc) is 2.93. The lowest BCUT2D eigenvalue weighted by atomic mass is 9.80. The standard InChI is InChI=1S/C24H27NO6/c1-17-21(26)25(14-18-10-12-20(29-3)13-11-18)24(22(27)30-4,23(17,2)28)16-31-15-19-8-6-5-7-9-19/h5-13,28H,1,14-16H2,2-4H3. The Morgan fingerprint density at radius 1 is 1.06 bits per heavy atom. The number of nitrogens with zero attached hydrogens (tertiary/aromatic N) is 1. The zero-order valence-electron chi connectivity index (χ0n) is 18.0. The van der Waals surface area contributed by atoms with E-state index in [1.54, 1.807) is 31.4 Å². The fraction of sp³-hybridized carbons (Fsp3) is 0.333. The third-order valence-electron chi connectivity index (χ3n) is 5.80. The maximum Gasteiger partial charge on any atom is 0.337 e. The molecule has 1 fully saturated rings. The predicted octanol–water partition coefficient (Wildman–Crippen LogP) is 2.47. The van der Waals surface area contributed by atoms with E-state index in [2.05, 4.69) is 6.58 Å². The van der Waals surface area contributed by atoms with Crippen LogP contribution in [0.3, 0.4) is 0 Å². The lowest BCUT2D eigenvalue weighted by Gasteiger charge is -2.41. The van der Waals surface area contributed by atoms with E-state index in [0.29, 0.717) is 5.75 Å². The molecule has 3 rings (SSSR count). The summed E-state index contributed by atoms with van der Waals surface area (Å²) in [6.07, 6.45) is 0. The maximum atomic E-state index is 13.1. The molecule has 2 atom stereocenters. The summed E-state index contributed by atoms with van der Waals surface area (Å²) < 4.78 is 16.1. The Hall–Kier alpha value is -3.16. The van der Waals surface area contributed by atoms with E-state index in [0.717, 1.165) is 11.1 Å². The van der Waals surface area contributed by atoms with Gasteiger partial charge in [0.25, 0.3) is 5.91 Å². The van der Waals surface area contributed by atoms with Crippen LogP contribution in [-0.4, -0.2) is 53.8 Å². The van der Waals surface area contributed by atoms with Crippen molar-refractivity contribution in [1.29, 1.82) is 0 Å². The Morgan fingerprint density at radius 2 is 1.71 bits per heavy atom. The molecule has 2 unspecified atom stereocenters. The molecule has 1 heterocycles. The maximum absolute atomic E-state index is 13.1. The molecule has 1 saturated heterocycles. The van der Waals surface area contributed by atoms with Crippen LogP contribution in [-0.2, 0) is 32.2 Å². The number of rotatable bonds is 8. The number of hydrogen-bond acceptors (Lipinski definition) is 6. The summed E-state index contributed by atoms with van der Waals surface area (Å²) in [5.41, 5.74) is -2.12. The van der Waals surface area contributed by atoms with Crippen molar-refractivity contribution in [3.05, 3.63) is 77.9 Å². The summed E-state index contributed by atoms with van der Waals surface area (Å²) >= 11 is 0. The minimum atomic E-state index is -1.89. The number of likely N-dealkylation sites (tertiary alicyclic amines) is 1. The molecule has 1 amide bonds. The fourth-order valence-corrected chi connectivity index (χ4v) is 3.82. The summed E-state index contributed by atoms with van der Waals surface area (Å²) in [5, 5.41) is 11.3. The topological polar surface area (TPSA) is 85.3 Å². The van der Waals surface area contributed by atoms with Crippen LogP contribution in [0, 0.1) is 0 Å². The molecule has 1 aliphatic rings. The van der Waals surface area contributed by atoms with Gasteiger partial charge in [-0.1, -0.05) is 49.0 Å². The van der Waals surface area contributed by atoms with Crippen LogP contribution in [0.4, 0.5) is 0 Å². The lowest BCUT2D eigenvalue weighted by Crippen LogP contribution is -2.65. The first-order valence-corrected chi connectivity index (χ1v) is 9.84. The summed E-state index contributed by atoms with van der Waals surface area (Å²) in [6.45, 7) is 5.15. The first kappa shape index (κ1) is 22.5. The van der Waals surface area contributed by atoms with Gasteiger partial charge in [0.05, 0.1) is 27.4 Å². The Morgan fingerprint density at radius 3 is 2.29 bits per heavy atom. The summed E-state index contributed by atoms with van der Waals surface area (Å²) in [4.78, 5) is 27.5. The van der Waals surface area contributed by atoms with Gasteiger partial charge in [0.2, 0.25) is 0 Å². The highest BCUT2D eigenvalue weighted by molar-refractivity contribution is 6.05. The predicted molar refractivity (Wildman–Crippen MR) is 114 cm³/mol. The van der Waals surface area contributed by atoms with Gasteiger partial charge in [0.1, 0.15) is 11.4 Å². The highest BCUT2D eigenvalue weighted by Crippen LogP contribution is 2.44. The van der Waals surface area contributed by atoms with Crippen LogP contribution >= 0.6 is 0 Å². The highest BCUT2D eigenvalue weighted by Gasteiger charge is 2.67. The van der Waals surface area contributed by atoms with Crippen LogP contribution in [0.25, 0.3) is 0 Å². The van der Waals surface area contributed by atoms with Gasteiger partial charge in [0, 0.05) is 12.1 Å². The number of amides is 1. The lowest BCUT2D eigenvalue weighted by molar-refractivity contribution is -0.176. The normalized spacial score (nSPS) is 23.2. The van der Waals surface area contributed by atoms with Gasteiger partial charge < -0.3 is 24.2 Å². The molecule has 0 spiro atoms. The first-order valence-electron chi connectivity index (χ1n) is 9.84. The number of benzene rings is 2. The van der Waals surface area contributed by atoms with E-state index in [-0.39, 0.29) is 25.3 Å². The van der Waals surface area contributed by atoms with Gasteiger partial charge in [-0.25, -0.2) is 4.79 Å². The third kappa shape index (κ3) is 3.94. The van der Waals surface area contributed by atoms with Crippen molar-refractivity contribution in [2.75, 3.05) is 20.8 Å². The summed E-state index contributed by atoms with van der Waals surface area (Å²) in [6, 6.07) is 16.5. The van der Waals surface area contributed by atoms with E-state index < -0.39 is 23.0 Å². The van der Waals surface area contributed by atoms with E-state index in [4.69, 9.17) is 14.2 Å². The molecule has 7 heteroatoms. The molecular weight excluding hydrogens is 398 g/mol. The molecular formula is C24H27NO6. The monoisotopic (exact) mass is 425 g/mol. The van der Waals surface area contributed by atoms with Gasteiger partial charge in [0.15, 0.2) is 5.54 Å². The van der Waals surface area contributed by atoms with Crippen molar-refractivity contribution in [3.8, 4) is 5.75 Å². The average molecular weight is 425 g/mol. The van der Waals surface area contributed by atoms with Crippen LogP contribution in [0.1, 0.15) is 18.1 Å². The number of carbonyl (C=O) groups is 2. The molecule has 2 aromatic carbocycles. The Kier molecular flexibility index (Phi) is 6.48. The second-order valence-electron chi connectivity index (χ2n) is 7.62. The van der Waals surface area contributed by atoms with Gasteiger partial charge in [-0.3, -0.25) is 4.79 Å². The molecule has 31 heavy (non-hydrogen) atoms. The van der Waals surface area contributed by atoms with E-state index in [1.807, 2.05) is 30.3 Å². The van der Waals surface area contributed by atoms with Crippen molar-refractivity contribution >= 4 is 11.9 Å². The largest absolute Gasteiger partial charge is 0.497 e. The molecule has 0 bridgehead atoms. The number of hydrogen-bond donors (Lipinski definition) is 1. The van der Waals surface area contributed by atoms with Gasteiger partial charge in [-0.2, -0.15) is 0 Å². The number of aliphatic hydroxyl groups is 1. The minimum Gasteiger partial charge on any atom is -0.497 e. The zero-order valence-corrected chi connectivity index (χ0v) is 18.0. The molecule has 0 radical (unpaired) electrons.